The highest BCUT2D eigenvalue weighted by molar-refractivity contribution is 5.27. The van der Waals surface area contributed by atoms with Crippen molar-refractivity contribution in [3.05, 3.63) is 5.89 Å². The first-order valence-electron chi connectivity index (χ1n) is 7.50. The number of anilines is 1. The lowest BCUT2D eigenvalue weighted by molar-refractivity contribution is 0.448. The summed E-state index contributed by atoms with van der Waals surface area (Å²) in [6.45, 7) is 8.24. The van der Waals surface area contributed by atoms with E-state index in [0.29, 0.717) is 18.4 Å². The van der Waals surface area contributed by atoms with Gasteiger partial charge in [0.1, 0.15) is 0 Å². The molecule has 0 bridgehead atoms. The van der Waals surface area contributed by atoms with Gasteiger partial charge in [-0.2, -0.15) is 0 Å². The van der Waals surface area contributed by atoms with Gasteiger partial charge in [0.25, 0.3) is 0 Å². The van der Waals surface area contributed by atoms with Crippen LogP contribution < -0.4 is 10.2 Å². The fraction of sp³-hybridized carbons (Fsp3) is 0.857. The molecular weight excluding hydrogens is 240 g/mol. The molecule has 2 aliphatic rings. The molecular formula is C14H24N4O. The summed E-state index contributed by atoms with van der Waals surface area (Å²) in [6, 6.07) is 0.718. The summed E-state index contributed by atoms with van der Waals surface area (Å²) in [5, 5.41) is 11.7. The molecule has 1 saturated carbocycles. The maximum Gasteiger partial charge on any atom is 0.318 e. The second-order valence-electron chi connectivity index (χ2n) is 6.36. The highest BCUT2D eigenvalue weighted by atomic mass is 16.4. The van der Waals surface area contributed by atoms with E-state index in [1.54, 1.807) is 0 Å². The van der Waals surface area contributed by atoms with E-state index in [1.165, 1.54) is 19.3 Å². The van der Waals surface area contributed by atoms with Crippen LogP contribution in [-0.2, 0) is 6.54 Å². The van der Waals surface area contributed by atoms with Crippen LogP contribution in [0.5, 0.6) is 0 Å². The Morgan fingerprint density at radius 3 is 2.68 bits per heavy atom. The van der Waals surface area contributed by atoms with Gasteiger partial charge in [0.05, 0.1) is 6.54 Å². The summed E-state index contributed by atoms with van der Waals surface area (Å²) >= 11 is 0. The van der Waals surface area contributed by atoms with Crippen LogP contribution in [0.2, 0.25) is 0 Å². The molecule has 3 rings (SSSR count). The van der Waals surface area contributed by atoms with Gasteiger partial charge in [-0.15, -0.1) is 5.10 Å². The first-order chi connectivity index (χ1) is 9.22. The zero-order valence-electron chi connectivity index (χ0n) is 11.9. The van der Waals surface area contributed by atoms with Gasteiger partial charge in [0.15, 0.2) is 0 Å². The molecule has 2 unspecified atom stereocenters. The molecule has 1 aromatic rings. The number of nitrogens with zero attached hydrogens (tertiary/aromatic N) is 3. The molecule has 19 heavy (non-hydrogen) atoms. The third kappa shape index (κ3) is 2.91. The molecule has 2 fully saturated rings. The van der Waals surface area contributed by atoms with Gasteiger partial charge >= 0.3 is 6.01 Å². The third-order valence-corrected chi connectivity index (χ3v) is 4.28. The summed E-state index contributed by atoms with van der Waals surface area (Å²) in [4.78, 5) is 2.27. The zero-order valence-corrected chi connectivity index (χ0v) is 11.9. The van der Waals surface area contributed by atoms with Crippen molar-refractivity contribution < 1.29 is 4.42 Å². The van der Waals surface area contributed by atoms with Gasteiger partial charge in [-0.05, 0) is 37.1 Å². The summed E-state index contributed by atoms with van der Waals surface area (Å²) < 4.78 is 5.76. The van der Waals surface area contributed by atoms with Crippen molar-refractivity contribution in [2.24, 2.45) is 17.8 Å². The lowest BCUT2D eigenvalue weighted by Gasteiger charge is -2.13. The zero-order chi connectivity index (χ0) is 13.2. The molecule has 1 saturated heterocycles. The van der Waals surface area contributed by atoms with E-state index in [9.17, 15) is 0 Å². The molecule has 1 aliphatic heterocycles. The third-order valence-electron chi connectivity index (χ3n) is 4.28. The smallest absolute Gasteiger partial charge is 0.318 e. The number of fused-ring (bicyclic) bond motifs is 1. The highest BCUT2D eigenvalue weighted by Crippen LogP contribution is 2.39. The van der Waals surface area contributed by atoms with Crippen molar-refractivity contribution in [1.29, 1.82) is 0 Å². The molecule has 0 spiro atoms. The standard InChI is InChI=1S/C14H24N4O/c1-10(2)6-15-7-13-16-17-14(19-13)18-8-11-4-3-5-12(11)9-18/h10-12,15H,3-9H2,1-2H3. The van der Waals surface area contributed by atoms with Crippen LogP contribution in [0.4, 0.5) is 6.01 Å². The number of nitrogens with one attached hydrogen (secondary N) is 1. The molecule has 0 radical (unpaired) electrons. The van der Waals surface area contributed by atoms with E-state index in [-0.39, 0.29) is 0 Å². The molecule has 1 aliphatic carbocycles. The van der Waals surface area contributed by atoms with Crippen LogP contribution >= 0.6 is 0 Å². The van der Waals surface area contributed by atoms with Gasteiger partial charge in [0, 0.05) is 13.1 Å². The minimum Gasteiger partial charge on any atom is -0.407 e. The Kier molecular flexibility index (Phi) is 3.73. The average Bonchev–Trinajstić information content (AvgIpc) is 3.01. The topological polar surface area (TPSA) is 54.2 Å². The van der Waals surface area contributed by atoms with Crippen LogP contribution in [0.3, 0.4) is 0 Å². The molecule has 5 heteroatoms. The van der Waals surface area contributed by atoms with E-state index in [4.69, 9.17) is 4.42 Å². The minimum atomic E-state index is 0.639. The lowest BCUT2D eigenvalue weighted by atomic mass is 10.0. The van der Waals surface area contributed by atoms with E-state index in [2.05, 4.69) is 34.3 Å². The highest BCUT2D eigenvalue weighted by Gasteiger charge is 2.37. The van der Waals surface area contributed by atoms with Crippen LogP contribution in [0.1, 0.15) is 39.0 Å². The maximum atomic E-state index is 5.76. The van der Waals surface area contributed by atoms with Crippen molar-refractivity contribution in [3.8, 4) is 0 Å². The van der Waals surface area contributed by atoms with Crippen molar-refractivity contribution in [1.82, 2.24) is 15.5 Å². The number of hydrogen-bond acceptors (Lipinski definition) is 5. The van der Waals surface area contributed by atoms with Crippen LogP contribution in [-0.4, -0.2) is 29.8 Å². The Bertz CT molecular complexity index is 405. The van der Waals surface area contributed by atoms with Gasteiger partial charge in [-0.25, -0.2) is 0 Å². The Hall–Kier alpha value is -1.10. The Morgan fingerprint density at radius 1 is 1.26 bits per heavy atom. The molecule has 0 amide bonds. The van der Waals surface area contributed by atoms with Gasteiger partial charge in [-0.1, -0.05) is 25.4 Å². The van der Waals surface area contributed by atoms with E-state index in [0.717, 1.165) is 37.5 Å². The van der Waals surface area contributed by atoms with Crippen LogP contribution in [0, 0.1) is 17.8 Å². The molecule has 5 nitrogen and oxygen atoms in total. The molecule has 1 aromatic heterocycles. The lowest BCUT2D eigenvalue weighted by Crippen LogP contribution is -2.21. The van der Waals surface area contributed by atoms with E-state index >= 15 is 0 Å². The Balaban J connectivity index is 1.53. The molecule has 0 aromatic carbocycles. The maximum absolute atomic E-state index is 5.76. The van der Waals surface area contributed by atoms with Crippen LogP contribution in [0.15, 0.2) is 4.42 Å². The minimum absolute atomic E-state index is 0.639. The largest absolute Gasteiger partial charge is 0.407 e. The van der Waals surface area contributed by atoms with Gasteiger partial charge in [-0.3, -0.25) is 0 Å². The first-order valence-corrected chi connectivity index (χ1v) is 7.50. The summed E-state index contributed by atoms with van der Waals surface area (Å²) in [5.74, 6) is 3.05. The van der Waals surface area contributed by atoms with Gasteiger partial charge in [0.2, 0.25) is 5.89 Å². The number of aromatic nitrogens is 2. The second-order valence-corrected chi connectivity index (χ2v) is 6.36. The average molecular weight is 264 g/mol. The first kappa shape index (κ1) is 12.9. The molecule has 1 N–H and O–H groups in total. The molecule has 2 heterocycles. The number of rotatable bonds is 5. The van der Waals surface area contributed by atoms with Crippen molar-refractivity contribution in [3.63, 3.8) is 0 Å². The molecule has 2 atom stereocenters. The summed E-state index contributed by atoms with van der Waals surface area (Å²) in [5.41, 5.74) is 0. The second kappa shape index (κ2) is 5.49. The van der Waals surface area contributed by atoms with Crippen LogP contribution in [0.25, 0.3) is 0 Å². The van der Waals surface area contributed by atoms with E-state index < -0.39 is 0 Å². The quantitative estimate of drug-likeness (QED) is 0.882. The van der Waals surface area contributed by atoms with Gasteiger partial charge < -0.3 is 14.6 Å². The fourth-order valence-electron chi connectivity index (χ4n) is 3.30. The summed E-state index contributed by atoms with van der Waals surface area (Å²) in [6.07, 6.45) is 4.15. The van der Waals surface area contributed by atoms with E-state index in [1.807, 2.05) is 0 Å². The summed E-state index contributed by atoms with van der Waals surface area (Å²) in [7, 11) is 0. The predicted octanol–water partition coefficient (Wildman–Crippen LogP) is 2.05. The van der Waals surface area contributed by atoms with Crippen molar-refractivity contribution >= 4 is 6.01 Å². The fourth-order valence-corrected chi connectivity index (χ4v) is 3.30. The molecule has 106 valence electrons. The monoisotopic (exact) mass is 264 g/mol. The normalized spacial score (nSPS) is 26.4. The Labute approximate surface area is 114 Å². The SMILES string of the molecule is CC(C)CNCc1nnc(N2CC3CCCC3C2)o1. The van der Waals surface area contributed by atoms with Crippen molar-refractivity contribution in [2.75, 3.05) is 24.5 Å². The number of hydrogen-bond donors (Lipinski definition) is 1. The van der Waals surface area contributed by atoms with Crippen molar-refractivity contribution in [2.45, 2.75) is 39.7 Å². The Morgan fingerprint density at radius 2 is 2.00 bits per heavy atom. The predicted molar refractivity (Wildman–Crippen MR) is 73.9 cm³/mol.